The maximum atomic E-state index is 14.7. The van der Waals surface area contributed by atoms with Crippen LogP contribution in [0.4, 0.5) is 15.8 Å². The van der Waals surface area contributed by atoms with Gasteiger partial charge in [0, 0.05) is 10.7 Å². The number of rotatable bonds is 4. The van der Waals surface area contributed by atoms with Crippen LogP contribution in [0, 0.1) is 16.6 Å². The molecule has 0 aliphatic rings. The van der Waals surface area contributed by atoms with E-state index >= 15 is 0 Å². The Bertz CT molecular complexity index is 891. The molecule has 0 saturated carbocycles. The van der Waals surface area contributed by atoms with Gasteiger partial charge in [-0.15, -0.1) is 0 Å². The van der Waals surface area contributed by atoms with Gasteiger partial charge in [0.25, 0.3) is 0 Å². The number of hydrogen-bond acceptors (Lipinski definition) is 5. The van der Waals surface area contributed by atoms with Gasteiger partial charge < -0.3 is 15.0 Å². The molecule has 0 unspecified atom stereocenters. The first-order valence-corrected chi connectivity index (χ1v) is 6.90. The van der Waals surface area contributed by atoms with Crippen molar-refractivity contribution in [3.05, 3.63) is 53.1 Å². The summed E-state index contributed by atoms with van der Waals surface area (Å²) in [6, 6.07) is 8.22. The van der Waals surface area contributed by atoms with Crippen LogP contribution < -0.4 is 5.32 Å². The van der Waals surface area contributed by atoms with E-state index in [1.165, 1.54) is 12.4 Å². The summed E-state index contributed by atoms with van der Waals surface area (Å²) in [5, 5.41) is 18.3. The third-order valence-electron chi connectivity index (χ3n) is 3.19. The lowest BCUT2D eigenvalue weighted by Gasteiger charge is -2.13. The highest BCUT2D eigenvalue weighted by molar-refractivity contribution is 6.30. The number of anilines is 2. The highest BCUT2D eigenvalue weighted by atomic mass is 35.5. The van der Waals surface area contributed by atoms with Gasteiger partial charge in [-0.05, 0) is 30.3 Å². The third-order valence-corrected chi connectivity index (χ3v) is 3.44. The molecule has 0 saturated heterocycles. The monoisotopic (exact) mass is 331 g/mol. The van der Waals surface area contributed by atoms with Crippen LogP contribution in [0.5, 0.6) is 0 Å². The lowest BCUT2D eigenvalue weighted by Crippen LogP contribution is -2.09. The number of ether oxygens (including phenoxy) is 1. The van der Waals surface area contributed by atoms with Crippen LogP contribution in [0.25, 0.3) is 11.0 Å². The molecule has 0 fully saturated rings. The van der Waals surface area contributed by atoms with Crippen molar-refractivity contribution in [3.8, 4) is 0 Å². The zero-order chi connectivity index (χ0) is 16.4. The molecule has 2 aromatic carbocycles. The number of hydrogen-bond donors (Lipinski definition) is 4. The zero-order valence-corrected chi connectivity index (χ0v) is 12.4. The molecular weight excluding hydrogens is 321 g/mol. The molecule has 6 nitrogen and oxygen atoms in total. The van der Waals surface area contributed by atoms with Crippen LogP contribution in [-0.2, 0) is 4.74 Å². The minimum Gasteiger partial charge on any atom is -0.428 e. The Hall–Kier alpha value is -2.93. The van der Waals surface area contributed by atoms with E-state index in [0.29, 0.717) is 22.6 Å². The van der Waals surface area contributed by atoms with Crippen molar-refractivity contribution in [2.24, 2.45) is 0 Å². The van der Waals surface area contributed by atoms with Gasteiger partial charge in [0.05, 0.1) is 23.1 Å². The normalized spacial score (nSPS) is 10.5. The number of nitrogens with zero attached hydrogens (tertiary/aromatic N) is 1. The van der Waals surface area contributed by atoms with E-state index in [1.54, 1.807) is 24.3 Å². The van der Waals surface area contributed by atoms with E-state index in [4.69, 9.17) is 27.2 Å². The van der Waals surface area contributed by atoms with Gasteiger partial charge in [0.2, 0.25) is 5.90 Å². The van der Waals surface area contributed by atoms with E-state index in [-0.39, 0.29) is 22.7 Å². The van der Waals surface area contributed by atoms with E-state index in [2.05, 4.69) is 15.3 Å². The summed E-state index contributed by atoms with van der Waals surface area (Å²) in [4.78, 5) is 6.72. The van der Waals surface area contributed by atoms with Gasteiger partial charge >= 0.3 is 0 Å². The Morgan fingerprint density at radius 2 is 2.09 bits per heavy atom. The molecule has 8 heteroatoms. The SMILES string of the molecule is N=COC(=N)c1cc2[nH]cnc2c(F)c1Nc1ccc(Cl)cc1. The molecule has 3 aromatic rings. The molecule has 3 rings (SSSR count). The summed E-state index contributed by atoms with van der Waals surface area (Å²) in [6.07, 6.45) is 1.98. The summed E-state index contributed by atoms with van der Waals surface area (Å²) in [6.45, 7) is 0. The lowest BCUT2D eigenvalue weighted by molar-refractivity contribution is 0.560. The molecule has 0 spiro atoms. The van der Waals surface area contributed by atoms with Crippen molar-refractivity contribution >= 4 is 46.3 Å². The molecule has 23 heavy (non-hydrogen) atoms. The van der Waals surface area contributed by atoms with Gasteiger partial charge in [-0.2, -0.15) is 0 Å². The Balaban J connectivity index is 2.13. The average Bonchev–Trinajstić information content (AvgIpc) is 3.01. The fraction of sp³-hybridized carbons (Fsp3) is 0. The van der Waals surface area contributed by atoms with Crippen LogP contribution in [0.3, 0.4) is 0 Å². The average molecular weight is 332 g/mol. The van der Waals surface area contributed by atoms with E-state index in [9.17, 15) is 4.39 Å². The Morgan fingerprint density at radius 3 is 2.78 bits per heavy atom. The van der Waals surface area contributed by atoms with Gasteiger partial charge in [-0.3, -0.25) is 10.8 Å². The van der Waals surface area contributed by atoms with Crippen LogP contribution in [-0.4, -0.2) is 22.3 Å². The predicted octanol–water partition coefficient (Wildman–Crippen LogP) is 4.05. The first kappa shape index (κ1) is 15.0. The number of fused-ring (bicyclic) bond motifs is 1. The van der Waals surface area contributed by atoms with Crippen LogP contribution in [0.2, 0.25) is 5.02 Å². The molecule has 0 bridgehead atoms. The summed E-state index contributed by atoms with van der Waals surface area (Å²) >= 11 is 5.84. The number of imidazole rings is 1. The summed E-state index contributed by atoms with van der Waals surface area (Å²) in [7, 11) is 0. The highest BCUT2D eigenvalue weighted by Crippen LogP contribution is 2.30. The maximum absolute atomic E-state index is 14.7. The van der Waals surface area contributed by atoms with Crippen molar-refractivity contribution in [1.29, 1.82) is 10.8 Å². The minimum absolute atomic E-state index is 0.0405. The highest BCUT2D eigenvalue weighted by Gasteiger charge is 2.19. The van der Waals surface area contributed by atoms with Crippen molar-refractivity contribution in [2.45, 2.75) is 0 Å². The molecule has 116 valence electrons. The second kappa shape index (κ2) is 6.05. The second-order valence-corrected chi connectivity index (χ2v) is 5.04. The van der Waals surface area contributed by atoms with E-state index in [0.717, 1.165) is 0 Å². The summed E-state index contributed by atoms with van der Waals surface area (Å²) in [5.74, 6) is -0.973. The number of H-pyrrole nitrogens is 1. The standard InChI is InChI=1S/C15H11ClFN5O/c16-8-1-3-9(4-2-8)22-13-10(15(19)23-6-18)5-11-14(12(13)17)21-7-20-11/h1-7,18-19,22H,(H,20,21). The maximum Gasteiger partial charge on any atom is 0.222 e. The Labute approximate surface area is 135 Å². The Morgan fingerprint density at radius 1 is 1.35 bits per heavy atom. The first-order valence-electron chi connectivity index (χ1n) is 6.53. The molecule has 0 aliphatic carbocycles. The van der Waals surface area contributed by atoms with Crippen molar-refractivity contribution in [1.82, 2.24) is 9.97 Å². The molecule has 0 amide bonds. The first-order chi connectivity index (χ1) is 11.1. The Kier molecular flexibility index (Phi) is 3.94. The van der Waals surface area contributed by atoms with Gasteiger partial charge in [-0.25, -0.2) is 9.37 Å². The second-order valence-electron chi connectivity index (χ2n) is 4.61. The van der Waals surface area contributed by atoms with Gasteiger partial charge in [0.15, 0.2) is 12.2 Å². The predicted molar refractivity (Wildman–Crippen MR) is 87.5 cm³/mol. The van der Waals surface area contributed by atoms with Gasteiger partial charge in [-0.1, -0.05) is 11.6 Å². The molecule has 1 heterocycles. The number of halogens is 2. The molecule has 1 aromatic heterocycles. The zero-order valence-electron chi connectivity index (χ0n) is 11.7. The van der Waals surface area contributed by atoms with Crippen molar-refractivity contribution < 1.29 is 9.13 Å². The molecule has 0 radical (unpaired) electrons. The largest absolute Gasteiger partial charge is 0.428 e. The third kappa shape index (κ3) is 2.86. The minimum atomic E-state index is -0.618. The fourth-order valence-electron chi connectivity index (χ4n) is 2.14. The van der Waals surface area contributed by atoms with E-state index in [1.807, 2.05) is 0 Å². The molecule has 4 N–H and O–H groups in total. The summed E-state index contributed by atoms with van der Waals surface area (Å²) < 4.78 is 19.5. The van der Waals surface area contributed by atoms with E-state index < -0.39 is 5.82 Å². The van der Waals surface area contributed by atoms with Crippen LogP contribution >= 0.6 is 11.6 Å². The topological polar surface area (TPSA) is 97.6 Å². The number of benzene rings is 2. The summed E-state index contributed by atoms with van der Waals surface area (Å²) in [5.41, 5.74) is 1.37. The van der Waals surface area contributed by atoms with Gasteiger partial charge in [0.1, 0.15) is 5.52 Å². The molecular formula is C15H11ClFN5O. The van der Waals surface area contributed by atoms with Crippen molar-refractivity contribution in [3.63, 3.8) is 0 Å². The quantitative estimate of drug-likeness (QED) is 0.429. The smallest absolute Gasteiger partial charge is 0.222 e. The fourth-order valence-corrected chi connectivity index (χ4v) is 2.27. The number of aromatic amines is 1. The number of nitrogens with one attached hydrogen (secondary N) is 4. The molecule has 0 aliphatic heterocycles. The lowest BCUT2D eigenvalue weighted by atomic mass is 10.1. The van der Waals surface area contributed by atoms with Crippen LogP contribution in [0.15, 0.2) is 36.7 Å². The molecule has 0 atom stereocenters. The van der Waals surface area contributed by atoms with Crippen LogP contribution in [0.1, 0.15) is 5.56 Å². The number of aromatic nitrogens is 2. The van der Waals surface area contributed by atoms with Crippen molar-refractivity contribution in [2.75, 3.05) is 5.32 Å².